The Kier molecular flexibility index (Phi) is 3.88. The molecule has 0 spiro atoms. The summed E-state index contributed by atoms with van der Waals surface area (Å²) >= 11 is 0. The zero-order valence-corrected chi connectivity index (χ0v) is 9.06. The second kappa shape index (κ2) is 4.75. The smallest absolute Gasteiger partial charge is 0.234 e. The number of piperidine rings is 1. The van der Waals surface area contributed by atoms with Crippen LogP contribution in [0, 0.1) is 0 Å². The lowest BCUT2D eigenvalue weighted by molar-refractivity contribution is -0.118. The van der Waals surface area contributed by atoms with Gasteiger partial charge in [0.15, 0.2) is 9.84 Å². The van der Waals surface area contributed by atoms with Gasteiger partial charge in [-0.05, 0) is 25.9 Å². The van der Waals surface area contributed by atoms with Gasteiger partial charge in [0.1, 0.15) is 5.75 Å². The van der Waals surface area contributed by atoms with Crippen LogP contribution in [0.3, 0.4) is 0 Å². The lowest BCUT2D eigenvalue weighted by atomic mass is 10.2. The minimum Gasteiger partial charge on any atom is -0.358 e. The average Bonchev–Trinajstić information content (AvgIpc) is 2.18. The first-order chi connectivity index (χ1) is 6.56. The molecule has 0 atom stereocenters. The highest BCUT2D eigenvalue weighted by Gasteiger charge is 2.28. The van der Waals surface area contributed by atoms with Crippen LogP contribution in [-0.2, 0) is 14.6 Å². The third kappa shape index (κ3) is 2.95. The van der Waals surface area contributed by atoms with Crippen molar-refractivity contribution in [3.05, 3.63) is 0 Å². The maximum absolute atomic E-state index is 11.7. The number of carbonyl (C=O) groups is 1. The SMILES string of the molecule is CNC(=O)CS(=O)(=O)C1CCNCC1. The van der Waals surface area contributed by atoms with Gasteiger partial charge in [0.25, 0.3) is 0 Å². The maximum atomic E-state index is 11.7. The molecule has 1 rings (SSSR count). The Bertz CT molecular complexity index is 294. The minimum atomic E-state index is -3.25. The van der Waals surface area contributed by atoms with E-state index in [9.17, 15) is 13.2 Å². The topological polar surface area (TPSA) is 75.3 Å². The zero-order valence-electron chi connectivity index (χ0n) is 8.25. The molecule has 82 valence electrons. The van der Waals surface area contributed by atoms with Crippen molar-refractivity contribution in [2.45, 2.75) is 18.1 Å². The van der Waals surface area contributed by atoms with Crippen LogP contribution in [0.25, 0.3) is 0 Å². The molecule has 0 unspecified atom stereocenters. The predicted molar refractivity (Wildman–Crippen MR) is 53.7 cm³/mol. The van der Waals surface area contributed by atoms with E-state index in [1.165, 1.54) is 7.05 Å². The van der Waals surface area contributed by atoms with Crippen molar-refractivity contribution in [2.75, 3.05) is 25.9 Å². The molecule has 0 aromatic heterocycles. The van der Waals surface area contributed by atoms with E-state index < -0.39 is 15.7 Å². The van der Waals surface area contributed by atoms with Gasteiger partial charge in [-0.25, -0.2) is 8.42 Å². The summed E-state index contributed by atoms with van der Waals surface area (Å²) in [4.78, 5) is 11.0. The van der Waals surface area contributed by atoms with E-state index in [2.05, 4.69) is 10.6 Å². The fourth-order valence-electron chi connectivity index (χ4n) is 1.53. The Morgan fingerprint density at radius 1 is 1.43 bits per heavy atom. The van der Waals surface area contributed by atoms with Crippen LogP contribution in [-0.4, -0.2) is 45.5 Å². The van der Waals surface area contributed by atoms with Crippen molar-refractivity contribution in [2.24, 2.45) is 0 Å². The Balaban J connectivity index is 2.59. The Morgan fingerprint density at radius 2 is 2.00 bits per heavy atom. The highest BCUT2D eigenvalue weighted by Crippen LogP contribution is 2.13. The molecule has 2 N–H and O–H groups in total. The summed E-state index contributed by atoms with van der Waals surface area (Å²) in [5, 5.41) is 5.07. The van der Waals surface area contributed by atoms with Gasteiger partial charge >= 0.3 is 0 Å². The standard InChI is InChI=1S/C8H16N2O3S/c1-9-8(11)6-14(12,13)7-2-4-10-5-3-7/h7,10H,2-6H2,1H3,(H,9,11). The van der Waals surface area contributed by atoms with Crippen molar-refractivity contribution in [1.29, 1.82) is 0 Å². The normalized spacial score (nSPS) is 19.2. The first-order valence-electron chi connectivity index (χ1n) is 4.69. The van der Waals surface area contributed by atoms with Gasteiger partial charge in [0, 0.05) is 7.05 Å². The largest absolute Gasteiger partial charge is 0.358 e. The van der Waals surface area contributed by atoms with Gasteiger partial charge in [-0.3, -0.25) is 4.79 Å². The van der Waals surface area contributed by atoms with E-state index in [0.717, 1.165) is 13.1 Å². The van der Waals surface area contributed by atoms with Gasteiger partial charge in [-0.2, -0.15) is 0 Å². The molecular formula is C8H16N2O3S. The fraction of sp³-hybridized carbons (Fsp3) is 0.875. The Labute approximate surface area is 84.2 Å². The Hall–Kier alpha value is -0.620. The lowest BCUT2D eigenvalue weighted by Gasteiger charge is -2.22. The molecule has 1 aliphatic heterocycles. The van der Waals surface area contributed by atoms with Crippen LogP contribution >= 0.6 is 0 Å². The van der Waals surface area contributed by atoms with Crippen molar-refractivity contribution in [3.63, 3.8) is 0 Å². The molecule has 0 radical (unpaired) electrons. The number of sulfone groups is 1. The van der Waals surface area contributed by atoms with Crippen molar-refractivity contribution < 1.29 is 13.2 Å². The number of hydrogen-bond donors (Lipinski definition) is 2. The number of carbonyl (C=O) groups excluding carboxylic acids is 1. The van der Waals surface area contributed by atoms with E-state index in [-0.39, 0.29) is 11.0 Å². The van der Waals surface area contributed by atoms with E-state index in [0.29, 0.717) is 12.8 Å². The quantitative estimate of drug-likeness (QED) is 0.633. The molecule has 1 saturated heterocycles. The van der Waals surface area contributed by atoms with Gasteiger partial charge in [-0.1, -0.05) is 0 Å². The molecule has 0 bridgehead atoms. The molecule has 5 nitrogen and oxygen atoms in total. The monoisotopic (exact) mass is 220 g/mol. The molecule has 0 aromatic rings. The third-order valence-electron chi connectivity index (χ3n) is 2.41. The van der Waals surface area contributed by atoms with E-state index in [4.69, 9.17) is 0 Å². The molecule has 0 aliphatic carbocycles. The molecule has 0 aromatic carbocycles. The molecular weight excluding hydrogens is 204 g/mol. The molecule has 0 saturated carbocycles. The maximum Gasteiger partial charge on any atom is 0.234 e. The van der Waals surface area contributed by atoms with Crippen LogP contribution in [0.5, 0.6) is 0 Å². The predicted octanol–water partition coefficient (Wildman–Crippen LogP) is -1.10. The molecule has 1 heterocycles. The van der Waals surface area contributed by atoms with Crippen LogP contribution in [0.4, 0.5) is 0 Å². The van der Waals surface area contributed by atoms with Gasteiger partial charge < -0.3 is 10.6 Å². The van der Waals surface area contributed by atoms with Gasteiger partial charge in [0.2, 0.25) is 5.91 Å². The minimum absolute atomic E-state index is 0.346. The molecule has 1 aliphatic rings. The fourth-order valence-corrected chi connectivity index (χ4v) is 3.23. The summed E-state index contributed by atoms with van der Waals surface area (Å²) in [7, 11) is -1.80. The summed E-state index contributed by atoms with van der Waals surface area (Å²) in [6.45, 7) is 1.44. The van der Waals surface area contributed by atoms with Crippen molar-refractivity contribution in [1.82, 2.24) is 10.6 Å². The first-order valence-corrected chi connectivity index (χ1v) is 6.40. The summed E-state index contributed by atoms with van der Waals surface area (Å²) in [6.07, 6.45) is 1.22. The summed E-state index contributed by atoms with van der Waals surface area (Å²) in [6, 6.07) is 0. The second-order valence-corrected chi connectivity index (χ2v) is 5.71. The summed E-state index contributed by atoms with van der Waals surface area (Å²) in [5.74, 6) is -0.808. The highest BCUT2D eigenvalue weighted by molar-refractivity contribution is 7.92. The van der Waals surface area contributed by atoms with Crippen LogP contribution < -0.4 is 10.6 Å². The van der Waals surface area contributed by atoms with Crippen LogP contribution in [0.1, 0.15) is 12.8 Å². The van der Waals surface area contributed by atoms with Gasteiger partial charge in [0.05, 0.1) is 5.25 Å². The molecule has 1 amide bonds. The number of hydrogen-bond acceptors (Lipinski definition) is 4. The zero-order chi connectivity index (χ0) is 10.6. The lowest BCUT2D eigenvalue weighted by Crippen LogP contribution is -2.39. The number of amides is 1. The molecule has 1 fully saturated rings. The average molecular weight is 220 g/mol. The second-order valence-electron chi connectivity index (χ2n) is 3.43. The molecule has 14 heavy (non-hydrogen) atoms. The van der Waals surface area contributed by atoms with E-state index >= 15 is 0 Å². The summed E-state index contributed by atoms with van der Waals surface area (Å²) in [5.41, 5.74) is 0. The summed E-state index contributed by atoms with van der Waals surface area (Å²) < 4.78 is 23.3. The first kappa shape index (κ1) is 11.5. The number of rotatable bonds is 3. The van der Waals surface area contributed by atoms with Crippen molar-refractivity contribution in [3.8, 4) is 0 Å². The van der Waals surface area contributed by atoms with Gasteiger partial charge in [-0.15, -0.1) is 0 Å². The van der Waals surface area contributed by atoms with Crippen molar-refractivity contribution >= 4 is 15.7 Å². The van der Waals surface area contributed by atoms with E-state index in [1.54, 1.807) is 0 Å². The molecule has 6 heteroatoms. The highest BCUT2D eigenvalue weighted by atomic mass is 32.2. The van der Waals surface area contributed by atoms with E-state index in [1.807, 2.05) is 0 Å². The third-order valence-corrected chi connectivity index (χ3v) is 4.56. The number of nitrogens with one attached hydrogen (secondary N) is 2. The van der Waals surface area contributed by atoms with Crippen LogP contribution in [0.15, 0.2) is 0 Å². The Morgan fingerprint density at radius 3 is 2.50 bits per heavy atom. The van der Waals surface area contributed by atoms with Crippen LogP contribution in [0.2, 0.25) is 0 Å².